The van der Waals surface area contributed by atoms with Crippen LogP contribution < -0.4 is 4.74 Å². The molecule has 0 saturated heterocycles. The summed E-state index contributed by atoms with van der Waals surface area (Å²) in [5, 5.41) is 0. The van der Waals surface area contributed by atoms with Crippen LogP contribution in [-0.4, -0.2) is 15.3 Å². The monoisotopic (exact) mass is 436 g/mol. The van der Waals surface area contributed by atoms with Crippen LogP contribution in [0, 0.1) is 0 Å². The van der Waals surface area contributed by atoms with E-state index in [0.717, 1.165) is 42.6 Å². The SMILES string of the molecule is O=C1CCCc2c1ccc(O[C@H](Cn1ccnc1)c1ccccc1)c2CCc1ccccc1. The van der Waals surface area contributed by atoms with Crippen molar-refractivity contribution in [1.29, 1.82) is 0 Å². The molecule has 0 saturated carbocycles. The van der Waals surface area contributed by atoms with Gasteiger partial charge in [-0.3, -0.25) is 4.79 Å². The second-order valence-corrected chi connectivity index (χ2v) is 8.61. The number of aryl methyl sites for hydroxylation is 1. The van der Waals surface area contributed by atoms with Crippen LogP contribution in [0.3, 0.4) is 0 Å². The maximum Gasteiger partial charge on any atom is 0.163 e. The fourth-order valence-corrected chi connectivity index (χ4v) is 4.70. The Hall–Kier alpha value is -3.66. The van der Waals surface area contributed by atoms with E-state index < -0.39 is 0 Å². The number of Topliss-reactive ketones (excluding diaryl/α,β-unsaturated/α-hetero) is 1. The van der Waals surface area contributed by atoms with Gasteiger partial charge in [-0.2, -0.15) is 0 Å². The Morgan fingerprint density at radius 2 is 1.70 bits per heavy atom. The van der Waals surface area contributed by atoms with Crippen LogP contribution in [0.25, 0.3) is 0 Å². The van der Waals surface area contributed by atoms with Gasteiger partial charge in [-0.25, -0.2) is 4.98 Å². The van der Waals surface area contributed by atoms with Crippen molar-refractivity contribution in [3.8, 4) is 5.75 Å². The number of aromatic nitrogens is 2. The summed E-state index contributed by atoms with van der Waals surface area (Å²) in [5.74, 6) is 1.13. The zero-order valence-electron chi connectivity index (χ0n) is 18.7. The summed E-state index contributed by atoms with van der Waals surface area (Å²) in [6.07, 6.45) is 9.65. The van der Waals surface area contributed by atoms with Gasteiger partial charge in [0.05, 0.1) is 12.9 Å². The van der Waals surface area contributed by atoms with Crippen LogP contribution in [0.5, 0.6) is 5.75 Å². The maximum absolute atomic E-state index is 12.6. The molecule has 0 fully saturated rings. The van der Waals surface area contributed by atoms with Crippen molar-refractivity contribution >= 4 is 5.78 Å². The molecule has 4 aromatic rings. The lowest BCUT2D eigenvalue weighted by Gasteiger charge is -2.26. The van der Waals surface area contributed by atoms with Gasteiger partial charge >= 0.3 is 0 Å². The van der Waals surface area contributed by atoms with Crippen molar-refractivity contribution in [3.63, 3.8) is 0 Å². The number of ether oxygens (including phenoxy) is 1. The Morgan fingerprint density at radius 3 is 2.45 bits per heavy atom. The van der Waals surface area contributed by atoms with Gasteiger partial charge in [-0.1, -0.05) is 60.7 Å². The number of rotatable bonds is 8. The molecule has 1 atom stereocenters. The normalized spacial score (nSPS) is 14.0. The van der Waals surface area contributed by atoms with E-state index in [4.69, 9.17) is 4.74 Å². The molecule has 0 spiro atoms. The summed E-state index contributed by atoms with van der Waals surface area (Å²) in [4.78, 5) is 16.8. The van der Waals surface area contributed by atoms with Crippen molar-refractivity contribution in [1.82, 2.24) is 9.55 Å². The van der Waals surface area contributed by atoms with Crippen molar-refractivity contribution in [2.45, 2.75) is 44.8 Å². The number of carbonyl (C=O) groups is 1. The van der Waals surface area contributed by atoms with Crippen molar-refractivity contribution in [2.24, 2.45) is 0 Å². The van der Waals surface area contributed by atoms with Gasteiger partial charge in [0.2, 0.25) is 0 Å². The van der Waals surface area contributed by atoms with Gasteiger partial charge in [0, 0.05) is 24.4 Å². The molecule has 4 nitrogen and oxygen atoms in total. The predicted octanol–water partition coefficient (Wildman–Crippen LogP) is 6.01. The number of benzene rings is 3. The molecule has 33 heavy (non-hydrogen) atoms. The maximum atomic E-state index is 12.6. The van der Waals surface area contributed by atoms with Gasteiger partial charge in [0.25, 0.3) is 0 Å². The molecule has 4 heteroatoms. The molecular formula is C29H28N2O2. The summed E-state index contributed by atoms with van der Waals surface area (Å²) >= 11 is 0. The molecule has 3 aromatic carbocycles. The third-order valence-corrected chi connectivity index (χ3v) is 6.40. The molecule has 1 aromatic heterocycles. The van der Waals surface area contributed by atoms with Gasteiger partial charge in [-0.15, -0.1) is 0 Å². The second-order valence-electron chi connectivity index (χ2n) is 8.61. The lowest BCUT2D eigenvalue weighted by atomic mass is 9.85. The fraction of sp³-hybridized carbons (Fsp3) is 0.241. The standard InChI is InChI=1S/C29H28N2O2/c32-27-13-7-12-24-25(27)16-17-28(26(24)15-14-22-8-3-1-4-9-22)33-29(20-31-19-18-30-21-31)23-10-5-2-6-11-23/h1-6,8-11,16-19,21,29H,7,12-15,20H2/t29-/m1/s1. The predicted molar refractivity (Wildman–Crippen MR) is 130 cm³/mol. The zero-order valence-corrected chi connectivity index (χ0v) is 18.7. The first-order valence-electron chi connectivity index (χ1n) is 11.7. The Bertz CT molecular complexity index is 1200. The minimum absolute atomic E-state index is 0.159. The molecule has 0 aliphatic heterocycles. The minimum atomic E-state index is -0.159. The lowest BCUT2D eigenvalue weighted by molar-refractivity contribution is 0.0972. The topological polar surface area (TPSA) is 44.1 Å². The first-order valence-corrected chi connectivity index (χ1v) is 11.7. The van der Waals surface area contributed by atoms with E-state index >= 15 is 0 Å². The summed E-state index contributed by atoms with van der Waals surface area (Å²) in [5.41, 5.74) is 5.64. The largest absolute Gasteiger partial charge is 0.484 e. The van der Waals surface area contributed by atoms with Crippen molar-refractivity contribution < 1.29 is 9.53 Å². The summed E-state index contributed by atoms with van der Waals surface area (Å²) < 4.78 is 8.78. The highest BCUT2D eigenvalue weighted by molar-refractivity contribution is 5.99. The molecule has 1 heterocycles. The molecule has 166 valence electrons. The molecule has 0 radical (unpaired) electrons. The molecule has 0 amide bonds. The molecule has 5 rings (SSSR count). The van der Waals surface area contributed by atoms with Crippen molar-refractivity contribution in [2.75, 3.05) is 0 Å². The highest BCUT2D eigenvalue weighted by Crippen LogP contribution is 2.35. The van der Waals surface area contributed by atoms with Crippen LogP contribution in [0.2, 0.25) is 0 Å². The first kappa shape index (κ1) is 21.2. The molecule has 0 unspecified atom stereocenters. The van der Waals surface area contributed by atoms with Gasteiger partial charge in [-0.05, 0) is 60.1 Å². The van der Waals surface area contributed by atoms with E-state index in [-0.39, 0.29) is 11.9 Å². The van der Waals surface area contributed by atoms with E-state index in [1.54, 1.807) is 6.20 Å². The van der Waals surface area contributed by atoms with Crippen LogP contribution in [0.4, 0.5) is 0 Å². The Morgan fingerprint density at radius 1 is 0.909 bits per heavy atom. The lowest BCUT2D eigenvalue weighted by Crippen LogP contribution is -2.18. The highest BCUT2D eigenvalue weighted by Gasteiger charge is 2.24. The van der Waals surface area contributed by atoms with Crippen LogP contribution >= 0.6 is 0 Å². The van der Waals surface area contributed by atoms with Crippen LogP contribution in [0.15, 0.2) is 91.5 Å². The number of hydrogen-bond acceptors (Lipinski definition) is 3. The quantitative estimate of drug-likeness (QED) is 0.340. The van der Waals surface area contributed by atoms with Crippen molar-refractivity contribution in [3.05, 3.63) is 119 Å². The Balaban J connectivity index is 1.50. The number of imidazole rings is 1. The summed E-state index contributed by atoms with van der Waals surface area (Å²) in [6, 6.07) is 24.8. The first-order chi connectivity index (χ1) is 16.3. The number of nitrogens with zero attached hydrogens (tertiary/aromatic N) is 2. The molecule has 0 bridgehead atoms. The molecule has 1 aliphatic carbocycles. The van der Waals surface area contributed by atoms with Gasteiger partial charge < -0.3 is 9.30 Å². The summed E-state index contributed by atoms with van der Waals surface area (Å²) in [6.45, 7) is 0.665. The van der Waals surface area contributed by atoms with E-state index in [1.807, 2.05) is 53.5 Å². The number of hydrogen-bond donors (Lipinski definition) is 0. The minimum Gasteiger partial charge on any atom is -0.484 e. The third-order valence-electron chi connectivity index (χ3n) is 6.40. The second kappa shape index (κ2) is 9.86. The van der Waals surface area contributed by atoms with Gasteiger partial charge in [0.1, 0.15) is 11.9 Å². The highest BCUT2D eigenvalue weighted by atomic mass is 16.5. The number of ketones is 1. The van der Waals surface area contributed by atoms with Crippen LogP contribution in [-0.2, 0) is 25.8 Å². The molecule has 0 N–H and O–H groups in total. The van der Waals surface area contributed by atoms with E-state index in [1.165, 1.54) is 16.7 Å². The summed E-state index contributed by atoms with van der Waals surface area (Å²) in [7, 11) is 0. The zero-order chi connectivity index (χ0) is 22.5. The van der Waals surface area contributed by atoms with Gasteiger partial charge in [0.15, 0.2) is 5.78 Å². The molecular weight excluding hydrogens is 408 g/mol. The Kier molecular flexibility index (Phi) is 6.34. The third kappa shape index (κ3) is 4.90. The fourth-order valence-electron chi connectivity index (χ4n) is 4.70. The number of fused-ring (bicyclic) bond motifs is 1. The van der Waals surface area contributed by atoms with E-state index in [9.17, 15) is 4.79 Å². The Labute approximate surface area is 194 Å². The average molecular weight is 437 g/mol. The smallest absolute Gasteiger partial charge is 0.163 e. The molecule has 1 aliphatic rings. The van der Waals surface area contributed by atoms with Crippen LogP contribution in [0.1, 0.15) is 51.6 Å². The average Bonchev–Trinajstić information content (AvgIpc) is 3.37. The van der Waals surface area contributed by atoms with E-state index in [2.05, 4.69) is 41.4 Å². The van der Waals surface area contributed by atoms with E-state index in [0.29, 0.717) is 13.0 Å². The number of carbonyl (C=O) groups excluding carboxylic acids is 1.